The lowest BCUT2D eigenvalue weighted by Gasteiger charge is -2.34. The van der Waals surface area contributed by atoms with Gasteiger partial charge in [0.05, 0.1) is 10.7 Å². The van der Waals surface area contributed by atoms with Crippen molar-refractivity contribution < 1.29 is 19.1 Å². The first-order valence-corrected chi connectivity index (χ1v) is 12.9. The number of ether oxygens (including phenoxy) is 1. The van der Waals surface area contributed by atoms with Crippen LogP contribution in [0.5, 0.6) is 0 Å². The van der Waals surface area contributed by atoms with Crippen molar-refractivity contribution in [2.24, 2.45) is 5.92 Å². The first-order chi connectivity index (χ1) is 17.2. The Bertz CT molecular complexity index is 1120. The number of likely N-dealkylation sites (N-methyl/N-ethyl adjacent to an activating group) is 1. The van der Waals surface area contributed by atoms with E-state index in [9.17, 15) is 14.4 Å². The number of rotatable bonds is 8. The van der Waals surface area contributed by atoms with Crippen LogP contribution in [0.3, 0.4) is 0 Å². The number of alkyl carbamates (subject to hydrolysis) is 1. The number of carbonyl (C=O) groups is 3. The zero-order valence-electron chi connectivity index (χ0n) is 23.4. The zero-order chi connectivity index (χ0) is 28.1. The van der Waals surface area contributed by atoms with Crippen molar-refractivity contribution in [2.75, 3.05) is 12.4 Å². The summed E-state index contributed by atoms with van der Waals surface area (Å²) in [4.78, 5) is 41.7. The molecule has 2 N–H and O–H groups in total. The number of aryl methyl sites for hydroxylation is 3. The van der Waals surface area contributed by atoms with Crippen LogP contribution in [0, 0.1) is 26.7 Å². The molecule has 0 aliphatic heterocycles. The summed E-state index contributed by atoms with van der Waals surface area (Å²) in [5.41, 5.74) is 3.18. The molecule has 0 heterocycles. The average molecular weight is 530 g/mol. The molecule has 8 heteroatoms. The lowest BCUT2D eigenvalue weighted by molar-refractivity contribution is -0.140. The summed E-state index contributed by atoms with van der Waals surface area (Å²) in [6.45, 7) is 14.8. The topological polar surface area (TPSA) is 87.7 Å². The molecule has 2 aromatic rings. The number of anilines is 1. The Labute approximate surface area is 225 Å². The van der Waals surface area contributed by atoms with Crippen LogP contribution in [0.15, 0.2) is 36.4 Å². The largest absolute Gasteiger partial charge is 0.444 e. The molecular weight excluding hydrogens is 490 g/mol. The van der Waals surface area contributed by atoms with Crippen molar-refractivity contribution in [3.05, 3.63) is 63.7 Å². The number of para-hydroxylation sites is 1. The first-order valence-electron chi connectivity index (χ1n) is 12.6. The highest BCUT2D eigenvalue weighted by atomic mass is 35.5. The van der Waals surface area contributed by atoms with Gasteiger partial charge < -0.3 is 20.3 Å². The summed E-state index contributed by atoms with van der Waals surface area (Å²) in [7, 11) is 1.58. The smallest absolute Gasteiger partial charge is 0.408 e. The van der Waals surface area contributed by atoms with Crippen LogP contribution in [0.2, 0.25) is 5.02 Å². The molecule has 0 spiro atoms. The van der Waals surface area contributed by atoms with Crippen LogP contribution >= 0.6 is 11.6 Å². The summed E-state index contributed by atoms with van der Waals surface area (Å²) in [6.07, 6.45) is -0.0435. The molecule has 2 rings (SSSR count). The van der Waals surface area contributed by atoms with E-state index in [1.54, 1.807) is 33.9 Å². The van der Waals surface area contributed by atoms with Gasteiger partial charge in [0, 0.05) is 7.05 Å². The van der Waals surface area contributed by atoms with E-state index in [4.69, 9.17) is 16.3 Å². The van der Waals surface area contributed by atoms with Gasteiger partial charge >= 0.3 is 6.09 Å². The number of hydrogen-bond donors (Lipinski definition) is 2. The minimum absolute atomic E-state index is 0.198. The normalized spacial score (nSPS) is 13.8. The lowest BCUT2D eigenvalue weighted by atomic mass is 9.94. The highest BCUT2D eigenvalue weighted by molar-refractivity contribution is 6.34. The van der Waals surface area contributed by atoms with Crippen molar-refractivity contribution in [1.29, 1.82) is 0 Å². The van der Waals surface area contributed by atoms with Crippen LogP contribution < -0.4 is 10.6 Å². The van der Waals surface area contributed by atoms with Crippen molar-refractivity contribution in [3.63, 3.8) is 0 Å². The van der Waals surface area contributed by atoms with E-state index in [2.05, 4.69) is 10.6 Å². The molecule has 2 aromatic carbocycles. The van der Waals surface area contributed by atoms with Crippen LogP contribution in [0.4, 0.5) is 10.5 Å². The van der Waals surface area contributed by atoms with E-state index in [-0.39, 0.29) is 5.92 Å². The molecule has 0 saturated heterocycles. The Morgan fingerprint density at radius 2 is 1.70 bits per heavy atom. The number of benzene rings is 2. The number of halogens is 1. The maximum absolute atomic E-state index is 13.9. The molecule has 3 unspecified atom stereocenters. The second-order valence-electron chi connectivity index (χ2n) is 10.6. The quantitative estimate of drug-likeness (QED) is 0.417. The molecule has 202 valence electrons. The van der Waals surface area contributed by atoms with E-state index < -0.39 is 35.6 Å². The maximum Gasteiger partial charge on any atom is 0.408 e. The van der Waals surface area contributed by atoms with Crippen LogP contribution in [-0.2, 0) is 14.3 Å². The molecule has 7 nitrogen and oxygen atoms in total. The molecule has 3 atom stereocenters. The van der Waals surface area contributed by atoms with Gasteiger partial charge in [-0.1, -0.05) is 67.8 Å². The van der Waals surface area contributed by atoms with Crippen molar-refractivity contribution in [3.8, 4) is 0 Å². The fourth-order valence-electron chi connectivity index (χ4n) is 4.10. The Morgan fingerprint density at radius 1 is 1.05 bits per heavy atom. The van der Waals surface area contributed by atoms with Crippen molar-refractivity contribution >= 4 is 35.2 Å². The monoisotopic (exact) mass is 529 g/mol. The van der Waals surface area contributed by atoms with Crippen LogP contribution in [-0.4, -0.2) is 41.5 Å². The van der Waals surface area contributed by atoms with Crippen LogP contribution in [0.1, 0.15) is 69.3 Å². The summed E-state index contributed by atoms with van der Waals surface area (Å²) >= 11 is 6.38. The molecule has 0 saturated carbocycles. The fourth-order valence-corrected chi connectivity index (χ4v) is 4.37. The van der Waals surface area contributed by atoms with Gasteiger partial charge in [-0.2, -0.15) is 0 Å². The van der Waals surface area contributed by atoms with Gasteiger partial charge in [-0.25, -0.2) is 4.79 Å². The molecule has 0 radical (unpaired) electrons. The predicted octanol–water partition coefficient (Wildman–Crippen LogP) is 6.34. The van der Waals surface area contributed by atoms with Gasteiger partial charge in [-0.3, -0.25) is 9.59 Å². The van der Waals surface area contributed by atoms with Gasteiger partial charge in [0.25, 0.3) is 5.91 Å². The first kappa shape index (κ1) is 30.2. The summed E-state index contributed by atoms with van der Waals surface area (Å²) in [6, 6.07) is 9.26. The van der Waals surface area contributed by atoms with Crippen molar-refractivity contribution in [1.82, 2.24) is 10.2 Å². The number of nitrogens with one attached hydrogen (secondary N) is 2. The average Bonchev–Trinajstić information content (AvgIpc) is 2.79. The highest BCUT2D eigenvalue weighted by Crippen LogP contribution is 2.30. The SMILES string of the molecule is CCC(C)C(NC(=O)OC(C)(C)C)C(=O)N(C)C(C(=O)Nc1c(C)cccc1Cl)c1ccc(C)cc1C. The fraction of sp³-hybridized carbons (Fsp3) is 0.483. The maximum atomic E-state index is 13.9. The Kier molecular flexibility index (Phi) is 10.2. The second kappa shape index (κ2) is 12.5. The van der Waals surface area contributed by atoms with E-state index in [1.165, 1.54) is 4.90 Å². The molecule has 0 bridgehead atoms. The highest BCUT2D eigenvalue weighted by Gasteiger charge is 2.37. The van der Waals surface area contributed by atoms with E-state index in [1.807, 2.05) is 65.0 Å². The van der Waals surface area contributed by atoms with E-state index in [0.717, 1.165) is 16.7 Å². The van der Waals surface area contributed by atoms with Gasteiger partial charge in [0.15, 0.2) is 0 Å². The third-order valence-corrected chi connectivity index (χ3v) is 6.64. The zero-order valence-corrected chi connectivity index (χ0v) is 24.1. The van der Waals surface area contributed by atoms with Crippen molar-refractivity contribution in [2.45, 2.75) is 79.5 Å². The van der Waals surface area contributed by atoms with E-state index >= 15 is 0 Å². The standard InChI is InChI=1S/C29H40ClN3O4/c1-10-18(3)24(32-28(36)37-29(6,7)8)27(35)33(9)25(21-15-14-17(2)16-20(21)5)26(34)31-23-19(4)12-11-13-22(23)30/h11-16,18,24-25H,10H2,1-9H3,(H,31,34)(H,32,36). The third kappa shape index (κ3) is 7.96. The minimum atomic E-state index is -0.962. The number of nitrogens with zero attached hydrogens (tertiary/aromatic N) is 1. The number of amides is 3. The predicted molar refractivity (Wildman–Crippen MR) is 149 cm³/mol. The number of carbonyl (C=O) groups excluding carboxylic acids is 3. The van der Waals surface area contributed by atoms with Gasteiger partial charge in [-0.05, 0) is 70.2 Å². The second-order valence-corrected chi connectivity index (χ2v) is 11.0. The molecule has 0 aromatic heterocycles. The van der Waals surface area contributed by atoms with Gasteiger partial charge in [0.1, 0.15) is 17.7 Å². The summed E-state index contributed by atoms with van der Waals surface area (Å²) < 4.78 is 5.41. The molecule has 0 aliphatic carbocycles. The van der Waals surface area contributed by atoms with Gasteiger partial charge in [-0.15, -0.1) is 0 Å². The Morgan fingerprint density at radius 3 is 2.24 bits per heavy atom. The third-order valence-electron chi connectivity index (χ3n) is 6.32. The number of hydrogen-bond acceptors (Lipinski definition) is 4. The van der Waals surface area contributed by atoms with Crippen LogP contribution in [0.25, 0.3) is 0 Å². The Balaban J connectivity index is 2.50. The molecule has 37 heavy (non-hydrogen) atoms. The summed E-state index contributed by atoms with van der Waals surface area (Å²) in [5.74, 6) is -0.994. The van der Waals surface area contributed by atoms with Gasteiger partial charge in [0.2, 0.25) is 5.91 Å². The molecule has 3 amide bonds. The van der Waals surface area contributed by atoms with E-state index in [0.29, 0.717) is 22.7 Å². The Hall–Kier alpha value is -3.06. The summed E-state index contributed by atoms with van der Waals surface area (Å²) in [5, 5.41) is 6.08. The molecule has 0 aliphatic rings. The lowest BCUT2D eigenvalue weighted by Crippen LogP contribution is -2.53. The molecular formula is C29H40ClN3O4. The minimum Gasteiger partial charge on any atom is -0.444 e. The molecule has 0 fully saturated rings.